The van der Waals surface area contributed by atoms with Crippen molar-refractivity contribution in [1.29, 1.82) is 0 Å². The van der Waals surface area contributed by atoms with Crippen LogP contribution in [0.1, 0.15) is 28.3 Å². The first-order chi connectivity index (χ1) is 15.4. The number of aryl methyl sites for hydroxylation is 1. The molecule has 1 aliphatic rings. The lowest BCUT2D eigenvalue weighted by molar-refractivity contribution is -0.384. The number of aromatic nitrogens is 1. The Morgan fingerprint density at radius 2 is 1.81 bits per heavy atom. The van der Waals surface area contributed by atoms with E-state index in [9.17, 15) is 24.8 Å². The van der Waals surface area contributed by atoms with E-state index in [1.165, 1.54) is 29.2 Å². The Bertz CT molecular complexity index is 1250. The molecule has 1 fully saturated rings. The van der Waals surface area contributed by atoms with E-state index in [1.807, 2.05) is 19.1 Å². The van der Waals surface area contributed by atoms with Crippen molar-refractivity contribution in [3.05, 3.63) is 111 Å². The van der Waals surface area contributed by atoms with Crippen molar-refractivity contribution in [3.8, 4) is 0 Å². The van der Waals surface area contributed by atoms with Crippen LogP contribution in [0.25, 0.3) is 5.76 Å². The lowest BCUT2D eigenvalue weighted by Crippen LogP contribution is -2.29. The highest BCUT2D eigenvalue weighted by atomic mass is 16.6. The zero-order chi connectivity index (χ0) is 22.8. The number of hydrogen-bond acceptors (Lipinski definition) is 6. The maximum atomic E-state index is 13.1. The van der Waals surface area contributed by atoms with Gasteiger partial charge in [-0.1, -0.05) is 36.4 Å². The zero-order valence-electron chi connectivity index (χ0n) is 17.1. The molecule has 1 aromatic heterocycles. The molecular weight excluding hydrogens is 410 g/mol. The quantitative estimate of drug-likeness (QED) is 0.216. The molecule has 32 heavy (non-hydrogen) atoms. The Hall–Kier alpha value is -4.33. The number of pyridine rings is 1. The van der Waals surface area contributed by atoms with Crippen LogP contribution >= 0.6 is 0 Å². The molecule has 0 aliphatic carbocycles. The number of aliphatic hydroxyl groups is 1. The Morgan fingerprint density at radius 3 is 2.50 bits per heavy atom. The normalized spacial score (nSPS) is 17.5. The molecule has 0 bridgehead atoms. The van der Waals surface area contributed by atoms with Crippen LogP contribution in [0.2, 0.25) is 0 Å². The Kier molecular flexibility index (Phi) is 5.51. The molecule has 0 spiro atoms. The number of hydrogen-bond donors (Lipinski definition) is 1. The van der Waals surface area contributed by atoms with Gasteiger partial charge in [-0.15, -0.1) is 0 Å². The molecule has 2 heterocycles. The summed E-state index contributed by atoms with van der Waals surface area (Å²) in [5, 5.41) is 22.2. The van der Waals surface area contributed by atoms with E-state index in [2.05, 4.69) is 4.98 Å². The highest BCUT2D eigenvalue weighted by molar-refractivity contribution is 6.46. The first kappa shape index (κ1) is 20.9. The lowest BCUT2D eigenvalue weighted by atomic mass is 9.92. The van der Waals surface area contributed by atoms with Crippen molar-refractivity contribution >= 4 is 23.1 Å². The minimum Gasteiger partial charge on any atom is -0.507 e. The minimum atomic E-state index is -0.844. The third-order valence-electron chi connectivity index (χ3n) is 5.46. The number of rotatable bonds is 5. The first-order valence-electron chi connectivity index (χ1n) is 9.86. The number of likely N-dealkylation sites (tertiary alicyclic amines) is 1. The second-order valence-corrected chi connectivity index (χ2v) is 7.45. The molecule has 2 aromatic carbocycles. The SMILES string of the molecule is Cc1ccccc1C1/C(=C(\O)c2cccc([N+](=O)[O-])c2)C(=O)C(=O)N1Cc1ccncc1. The molecule has 1 atom stereocenters. The monoisotopic (exact) mass is 429 g/mol. The molecule has 160 valence electrons. The summed E-state index contributed by atoms with van der Waals surface area (Å²) in [6.07, 6.45) is 3.19. The van der Waals surface area contributed by atoms with Crippen LogP contribution in [0, 0.1) is 17.0 Å². The van der Waals surface area contributed by atoms with Crippen LogP contribution in [0.3, 0.4) is 0 Å². The van der Waals surface area contributed by atoms with Gasteiger partial charge in [0.05, 0.1) is 16.5 Å². The van der Waals surface area contributed by atoms with E-state index >= 15 is 0 Å². The lowest BCUT2D eigenvalue weighted by Gasteiger charge is -2.26. The summed E-state index contributed by atoms with van der Waals surface area (Å²) in [6, 6.07) is 15.3. The average Bonchev–Trinajstić information content (AvgIpc) is 3.04. The molecule has 8 nitrogen and oxygen atoms in total. The van der Waals surface area contributed by atoms with E-state index in [0.717, 1.165) is 11.1 Å². The largest absolute Gasteiger partial charge is 0.507 e. The topological polar surface area (TPSA) is 114 Å². The van der Waals surface area contributed by atoms with Gasteiger partial charge in [0.2, 0.25) is 0 Å². The third-order valence-corrected chi connectivity index (χ3v) is 5.46. The van der Waals surface area contributed by atoms with Gasteiger partial charge in [-0.3, -0.25) is 24.7 Å². The van der Waals surface area contributed by atoms with Crippen molar-refractivity contribution in [3.63, 3.8) is 0 Å². The van der Waals surface area contributed by atoms with Crippen molar-refractivity contribution in [2.45, 2.75) is 19.5 Å². The first-order valence-corrected chi connectivity index (χ1v) is 9.86. The average molecular weight is 429 g/mol. The smallest absolute Gasteiger partial charge is 0.295 e. The molecule has 0 saturated carbocycles. The number of nitro groups is 1. The van der Waals surface area contributed by atoms with Gasteiger partial charge in [0.1, 0.15) is 5.76 Å². The summed E-state index contributed by atoms with van der Waals surface area (Å²) >= 11 is 0. The van der Waals surface area contributed by atoms with Crippen LogP contribution in [-0.4, -0.2) is 31.6 Å². The molecule has 1 unspecified atom stereocenters. The number of amides is 1. The minimum absolute atomic E-state index is 0.0969. The van der Waals surface area contributed by atoms with Crippen molar-refractivity contribution in [2.24, 2.45) is 0 Å². The number of Topliss-reactive ketones (excluding diaryl/α,β-unsaturated/α-hetero) is 1. The highest BCUT2D eigenvalue weighted by Crippen LogP contribution is 2.41. The number of aliphatic hydroxyl groups excluding tert-OH is 1. The molecule has 1 N–H and O–H groups in total. The summed E-state index contributed by atoms with van der Waals surface area (Å²) in [5.41, 5.74) is 2.07. The second kappa shape index (κ2) is 8.43. The van der Waals surface area contributed by atoms with Gasteiger partial charge in [0.25, 0.3) is 17.4 Å². The number of benzene rings is 2. The number of nitrogens with zero attached hydrogens (tertiary/aromatic N) is 3. The maximum absolute atomic E-state index is 13.1. The number of nitro benzene ring substituents is 1. The molecule has 8 heteroatoms. The number of carbonyl (C=O) groups excluding carboxylic acids is 2. The Morgan fingerprint density at radius 1 is 1.09 bits per heavy atom. The van der Waals surface area contributed by atoms with E-state index in [1.54, 1.807) is 36.7 Å². The van der Waals surface area contributed by atoms with Gasteiger partial charge in [-0.2, -0.15) is 0 Å². The molecule has 4 rings (SSSR count). The number of non-ortho nitro benzene ring substituents is 1. The highest BCUT2D eigenvalue weighted by Gasteiger charge is 2.46. The van der Waals surface area contributed by atoms with Crippen LogP contribution in [0.15, 0.2) is 78.6 Å². The molecule has 1 aliphatic heterocycles. The van der Waals surface area contributed by atoms with E-state index in [-0.39, 0.29) is 23.4 Å². The van der Waals surface area contributed by atoms with Gasteiger partial charge in [0, 0.05) is 36.6 Å². The number of carbonyl (C=O) groups is 2. The van der Waals surface area contributed by atoms with Crippen LogP contribution < -0.4 is 0 Å². The molecular formula is C24H19N3O5. The van der Waals surface area contributed by atoms with Gasteiger partial charge < -0.3 is 10.0 Å². The second-order valence-electron chi connectivity index (χ2n) is 7.45. The molecule has 1 amide bonds. The fourth-order valence-corrected chi connectivity index (χ4v) is 3.87. The van der Waals surface area contributed by atoms with Crippen molar-refractivity contribution in [1.82, 2.24) is 9.88 Å². The summed E-state index contributed by atoms with van der Waals surface area (Å²) in [5.74, 6) is -2.03. The maximum Gasteiger partial charge on any atom is 0.295 e. The standard InChI is InChI=1S/C24H19N3O5/c1-15-5-2-3-8-19(15)21-20(22(28)17-6-4-7-18(13-17)27(31)32)23(29)24(30)26(21)14-16-9-11-25-12-10-16/h2-13,21,28H,14H2,1H3/b22-20+. The predicted octanol–water partition coefficient (Wildman–Crippen LogP) is 3.92. The molecule has 3 aromatic rings. The summed E-state index contributed by atoms with van der Waals surface area (Å²) in [6.45, 7) is 1.99. The van der Waals surface area contributed by atoms with E-state index in [4.69, 9.17) is 0 Å². The van der Waals surface area contributed by atoms with Crippen LogP contribution in [0.4, 0.5) is 5.69 Å². The van der Waals surface area contributed by atoms with Crippen molar-refractivity contribution in [2.75, 3.05) is 0 Å². The van der Waals surface area contributed by atoms with E-state index < -0.39 is 28.4 Å². The van der Waals surface area contributed by atoms with Gasteiger partial charge in [-0.25, -0.2) is 0 Å². The van der Waals surface area contributed by atoms with Crippen molar-refractivity contribution < 1.29 is 19.6 Å². The summed E-state index contributed by atoms with van der Waals surface area (Å²) in [4.78, 5) is 42.1. The fourth-order valence-electron chi connectivity index (χ4n) is 3.87. The fraction of sp³-hybridized carbons (Fsp3) is 0.125. The molecule has 1 saturated heterocycles. The van der Waals surface area contributed by atoms with Gasteiger partial charge >= 0.3 is 0 Å². The number of ketones is 1. The zero-order valence-corrected chi connectivity index (χ0v) is 17.1. The summed E-state index contributed by atoms with van der Waals surface area (Å²) in [7, 11) is 0. The van der Waals surface area contributed by atoms with E-state index in [0.29, 0.717) is 5.56 Å². The predicted molar refractivity (Wildman–Crippen MR) is 116 cm³/mol. The Labute approximate surface area is 183 Å². The van der Waals surface area contributed by atoms with Gasteiger partial charge in [0.15, 0.2) is 0 Å². The summed E-state index contributed by atoms with van der Waals surface area (Å²) < 4.78 is 0. The Balaban J connectivity index is 1.90. The van der Waals surface area contributed by atoms with Crippen LogP contribution in [-0.2, 0) is 16.1 Å². The third kappa shape index (κ3) is 3.74. The molecule has 0 radical (unpaired) electrons. The van der Waals surface area contributed by atoms with Crippen LogP contribution in [0.5, 0.6) is 0 Å². The van der Waals surface area contributed by atoms with Gasteiger partial charge in [-0.05, 0) is 35.7 Å².